The molecule has 1 heterocycles. The van der Waals surface area contributed by atoms with E-state index in [2.05, 4.69) is 224 Å². The summed E-state index contributed by atoms with van der Waals surface area (Å²) in [5.74, 6) is 1.87. The smallest absolute Gasteiger partial charge is 0.164 e. The fourth-order valence-electron chi connectivity index (χ4n) is 7.75. The van der Waals surface area contributed by atoms with Gasteiger partial charge in [-0.25, -0.2) is 15.0 Å². The molecule has 0 amide bonds. The van der Waals surface area contributed by atoms with Crippen molar-refractivity contribution in [3.8, 4) is 101 Å². The Labute approximate surface area is 351 Å². The Morgan fingerprint density at radius 3 is 0.667 bits per heavy atom. The van der Waals surface area contributed by atoms with Crippen LogP contribution in [0.3, 0.4) is 0 Å². The Hall–Kier alpha value is -8.01. The van der Waals surface area contributed by atoms with Gasteiger partial charge in [-0.15, -0.1) is 0 Å². The van der Waals surface area contributed by atoms with E-state index in [1.807, 2.05) is 12.1 Å². The van der Waals surface area contributed by atoms with E-state index >= 15 is 0 Å². The van der Waals surface area contributed by atoms with Crippen LogP contribution in [0, 0.1) is 0 Å². The van der Waals surface area contributed by atoms with Gasteiger partial charge in [0.2, 0.25) is 0 Å². The molecule has 0 unspecified atom stereocenters. The summed E-state index contributed by atoms with van der Waals surface area (Å²) in [6.07, 6.45) is 0. The van der Waals surface area contributed by atoms with Gasteiger partial charge in [0, 0.05) is 16.7 Å². The van der Waals surface area contributed by atoms with Gasteiger partial charge in [0.25, 0.3) is 0 Å². The lowest BCUT2D eigenvalue weighted by Crippen LogP contribution is -2.00. The second-order valence-electron chi connectivity index (χ2n) is 14.9. The largest absolute Gasteiger partial charge is 0.208 e. The van der Waals surface area contributed by atoms with E-state index in [1.54, 1.807) is 0 Å². The van der Waals surface area contributed by atoms with Crippen molar-refractivity contribution in [1.29, 1.82) is 0 Å². The molecular weight excluding hydrogens is 727 g/mol. The Morgan fingerprint density at radius 2 is 0.350 bits per heavy atom. The highest BCUT2D eigenvalue weighted by molar-refractivity contribution is 5.79. The third-order valence-corrected chi connectivity index (χ3v) is 11.0. The van der Waals surface area contributed by atoms with E-state index < -0.39 is 0 Å². The molecule has 0 aliphatic heterocycles. The second kappa shape index (κ2) is 16.5. The predicted molar refractivity (Wildman–Crippen MR) is 249 cm³/mol. The van der Waals surface area contributed by atoms with Crippen molar-refractivity contribution in [1.82, 2.24) is 15.0 Å². The van der Waals surface area contributed by atoms with Crippen molar-refractivity contribution in [2.45, 2.75) is 0 Å². The molecule has 10 rings (SSSR count). The molecular formula is C57H39N3. The molecule has 0 saturated heterocycles. The number of hydrogen-bond donors (Lipinski definition) is 0. The molecule has 0 bridgehead atoms. The first kappa shape index (κ1) is 36.3. The van der Waals surface area contributed by atoms with Crippen LogP contribution in [0.25, 0.3) is 101 Å². The molecule has 0 atom stereocenters. The summed E-state index contributed by atoms with van der Waals surface area (Å²) in [6, 6.07) is 83.1. The first-order valence-corrected chi connectivity index (χ1v) is 20.3. The van der Waals surface area contributed by atoms with E-state index in [0.717, 1.165) is 50.1 Å². The van der Waals surface area contributed by atoms with E-state index in [1.165, 1.54) is 33.4 Å². The van der Waals surface area contributed by atoms with Gasteiger partial charge in [0.1, 0.15) is 0 Å². The van der Waals surface area contributed by atoms with Crippen LogP contribution in [0.15, 0.2) is 237 Å². The molecule has 0 fully saturated rings. The Morgan fingerprint density at radius 1 is 0.150 bits per heavy atom. The fraction of sp³-hybridized carbons (Fsp3) is 0. The lowest BCUT2D eigenvalue weighted by Gasteiger charge is -2.11. The fourth-order valence-corrected chi connectivity index (χ4v) is 7.75. The lowest BCUT2D eigenvalue weighted by molar-refractivity contribution is 1.07. The van der Waals surface area contributed by atoms with E-state index in [9.17, 15) is 0 Å². The van der Waals surface area contributed by atoms with Crippen LogP contribution in [-0.4, -0.2) is 15.0 Å². The first-order chi connectivity index (χ1) is 29.7. The molecule has 0 spiro atoms. The summed E-state index contributed by atoms with van der Waals surface area (Å²) in [5.41, 5.74) is 16.7. The van der Waals surface area contributed by atoms with Crippen molar-refractivity contribution in [2.24, 2.45) is 0 Å². The molecule has 0 aliphatic carbocycles. The summed E-state index contributed by atoms with van der Waals surface area (Å²) in [5, 5.41) is 0. The number of nitrogens with zero attached hydrogens (tertiary/aromatic N) is 3. The average Bonchev–Trinajstić information content (AvgIpc) is 3.35. The average molecular weight is 766 g/mol. The Kier molecular flexibility index (Phi) is 9.97. The van der Waals surface area contributed by atoms with Crippen LogP contribution < -0.4 is 0 Å². The predicted octanol–water partition coefficient (Wildman–Crippen LogP) is 14.9. The summed E-state index contributed by atoms with van der Waals surface area (Å²) < 4.78 is 0. The first-order valence-electron chi connectivity index (χ1n) is 20.3. The highest BCUT2D eigenvalue weighted by Gasteiger charge is 2.14. The summed E-state index contributed by atoms with van der Waals surface area (Å²) >= 11 is 0. The summed E-state index contributed by atoms with van der Waals surface area (Å²) in [4.78, 5) is 15.3. The SMILES string of the molecule is c1ccc(-c2cccc(-c3ccc(-c4nc(-c5ccc(-c6cccc(-c7cccc(-c8ccccc8)c7)c6)cc5)nc(-c5cccc(-c6ccccc6)c5)n4)cc3)c2)cc1. The topological polar surface area (TPSA) is 38.7 Å². The van der Waals surface area contributed by atoms with Crippen molar-refractivity contribution < 1.29 is 0 Å². The second-order valence-corrected chi connectivity index (χ2v) is 14.9. The zero-order valence-electron chi connectivity index (χ0n) is 32.9. The maximum Gasteiger partial charge on any atom is 0.164 e. The number of rotatable bonds is 9. The molecule has 282 valence electrons. The Bertz CT molecular complexity index is 3050. The molecule has 3 heteroatoms. The lowest BCUT2D eigenvalue weighted by atomic mass is 9.96. The van der Waals surface area contributed by atoms with Crippen molar-refractivity contribution >= 4 is 0 Å². The highest BCUT2D eigenvalue weighted by atomic mass is 15.0. The van der Waals surface area contributed by atoms with Gasteiger partial charge in [0.05, 0.1) is 0 Å². The zero-order chi connectivity index (χ0) is 40.1. The quantitative estimate of drug-likeness (QED) is 0.147. The molecule has 0 aliphatic rings. The van der Waals surface area contributed by atoms with Gasteiger partial charge in [-0.05, 0) is 91.0 Å². The third kappa shape index (κ3) is 7.80. The molecule has 0 N–H and O–H groups in total. The van der Waals surface area contributed by atoms with Gasteiger partial charge in [0.15, 0.2) is 17.5 Å². The van der Waals surface area contributed by atoms with Crippen LogP contribution in [0.4, 0.5) is 0 Å². The van der Waals surface area contributed by atoms with Crippen molar-refractivity contribution in [3.63, 3.8) is 0 Å². The standard InChI is InChI=1S/C57H39N3/c1-4-14-40(15-5-1)47-20-10-22-49(36-47)43-28-32-45(33-29-43)55-58-56(60-57(59-55)54-27-13-24-51(39-54)42-18-8-3-9-19-42)46-34-30-44(31-35-46)50-23-12-26-53(38-50)52-25-11-21-48(37-52)41-16-6-2-7-17-41/h1-39H. The van der Waals surface area contributed by atoms with Crippen LogP contribution in [0.5, 0.6) is 0 Å². The zero-order valence-corrected chi connectivity index (χ0v) is 32.9. The maximum atomic E-state index is 5.11. The van der Waals surface area contributed by atoms with Crippen LogP contribution in [0.1, 0.15) is 0 Å². The van der Waals surface area contributed by atoms with E-state index in [0.29, 0.717) is 17.5 Å². The van der Waals surface area contributed by atoms with Gasteiger partial charge in [-0.1, -0.05) is 212 Å². The minimum absolute atomic E-state index is 0.623. The van der Waals surface area contributed by atoms with Crippen LogP contribution in [-0.2, 0) is 0 Å². The summed E-state index contributed by atoms with van der Waals surface area (Å²) in [6.45, 7) is 0. The molecule has 1 aromatic heterocycles. The van der Waals surface area contributed by atoms with Crippen LogP contribution in [0.2, 0.25) is 0 Å². The van der Waals surface area contributed by atoms with Gasteiger partial charge < -0.3 is 0 Å². The number of hydrogen-bond acceptors (Lipinski definition) is 3. The van der Waals surface area contributed by atoms with E-state index in [4.69, 9.17) is 15.0 Å². The molecule has 0 radical (unpaired) electrons. The van der Waals surface area contributed by atoms with Crippen molar-refractivity contribution in [2.75, 3.05) is 0 Å². The third-order valence-electron chi connectivity index (χ3n) is 11.0. The summed E-state index contributed by atoms with van der Waals surface area (Å²) in [7, 11) is 0. The number of aromatic nitrogens is 3. The Balaban J connectivity index is 0.993. The monoisotopic (exact) mass is 765 g/mol. The molecule has 0 saturated carbocycles. The molecule has 10 aromatic rings. The van der Waals surface area contributed by atoms with Gasteiger partial charge in [-0.3, -0.25) is 0 Å². The van der Waals surface area contributed by atoms with Crippen molar-refractivity contribution in [3.05, 3.63) is 237 Å². The molecule has 3 nitrogen and oxygen atoms in total. The van der Waals surface area contributed by atoms with Crippen LogP contribution >= 0.6 is 0 Å². The van der Waals surface area contributed by atoms with Gasteiger partial charge in [-0.2, -0.15) is 0 Å². The minimum Gasteiger partial charge on any atom is -0.208 e. The normalized spacial score (nSPS) is 11.0. The highest BCUT2D eigenvalue weighted by Crippen LogP contribution is 2.33. The molecule has 9 aromatic carbocycles. The van der Waals surface area contributed by atoms with E-state index in [-0.39, 0.29) is 0 Å². The minimum atomic E-state index is 0.623. The number of benzene rings is 9. The maximum absolute atomic E-state index is 5.11. The van der Waals surface area contributed by atoms with Gasteiger partial charge >= 0.3 is 0 Å². The molecule has 60 heavy (non-hydrogen) atoms.